The fourth-order valence-electron chi connectivity index (χ4n) is 3.49. The number of rotatable bonds is 7. The van der Waals surface area contributed by atoms with Crippen molar-refractivity contribution in [2.24, 2.45) is 0 Å². The first-order valence-corrected chi connectivity index (χ1v) is 10.3. The monoisotopic (exact) mass is 432 g/mol. The van der Waals surface area contributed by atoms with E-state index in [0.29, 0.717) is 12.1 Å². The molecular formula is C24H24N4O4. The fraction of sp³-hybridized carbons (Fsp3) is 0.250. The van der Waals surface area contributed by atoms with Crippen molar-refractivity contribution in [1.82, 2.24) is 15.2 Å². The number of nitrogens with zero attached hydrogens (tertiary/aromatic N) is 2. The highest BCUT2D eigenvalue weighted by atomic mass is 16.6. The second kappa shape index (κ2) is 9.15. The topological polar surface area (TPSA) is 104 Å². The molecule has 0 aliphatic carbocycles. The third kappa shape index (κ3) is 4.92. The van der Waals surface area contributed by atoms with Gasteiger partial charge in [0.1, 0.15) is 6.04 Å². The Labute approximate surface area is 185 Å². The van der Waals surface area contributed by atoms with E-state index in [4.69, 9.17) is 4.74 Å². The predicted molar refractivity (Wildman–Crippen MR) is 120 cm³/mol. The normalized spacial score (nSPS) is 17.9. The highest BCUT2D eigenvalue weighted by molar-refractivity contribution is 6.03. The first-order chi connectivity index (χ1) is 15.4. The Morgan fingerprint density at radius 1 is 1.00 bits per heavy atom. The number of epoxide rings is 1. The van der Waals surface area contributed by atoms with Crippen LogP contribution >= 0.6 is 0 Å². The standard InChI is InChI=1S/C24H24N4O4/c1-28(2)24(31)19(13-15-7-4-3-5-8-15)27-23(30)21-20(32-21)22(29)26-17-10-11-18-16(14-17)9-6-12-25-18/h3-12,14,19-21H,13H2,1-2H3,(H,26,29)(H,27,30)/t19-,20-,21-/m0/s1. The molecule has 3 atom stereocenters. The molecule has 1 fully saturated rings. The number of hydrogen-bond acceptors (Lipinski definition) is 5. The summed E-state index contributed by atoms with van der Waals surface area (Å²) in [4.78, 5) is 43.5. The molecular weight excluding hydrogens is 408 g/mol. The molecule has 0 unspecified atom stereocenters. The molecule has 2 N–H and O–H groups in total. The molecule has 1 aliphatic rings. The summed E-state index contributed by atoms with van der Waals surface area (Å²) in [6, 6.07) is 17.8. The number of benzene rings is 2. The fourth-order valence-corrected chi connectivity index (χ4v) is 3.49. The van der Waals surface area contributed by atoms with Gasteiger partial charge in [-0.1, -0.05) is 36.4 Å². The molecule has 0 spiro atoms. The number of aromatic nitrogens is 1. The van der Waals surface area contributed by atoms with E-state index in [9.17, 15) is 14.4 Å². The molecule has 1 aromatic heterocycles. The van der Waals surface area contributed by atoms with Crippen molar-refractivity contribution >= 4 is 34.3 Å². The van der Waals surface area contributed by atoms with Crippen LogP contribution in [0.5, 0.6) is 0 Å². The molecule has 32 heavy (non-hydrogen) atoms. The minimum absolute atomic E-state index is 0.228. The van der Waals surface area contributed by atoms with E-state index in [1.165, 1.54) is 4.90 Å². The third-order valence-corrected chi connectivity index (χ3v) is 5.22. The van der Waals surface area contributed by atoms with Gasteiger partial charge >= 0.3 is 0 Å². The van der Waals surface area contributed by atoms with Crippen LogP contribution in [-0.2, 0) is 25.5 Å². The van der Waals surface area contributed by atoms with Gasteiger partial charge in [0.2, 0.25) is 5.91 Å². The molecule has 4 rings (SSSR count). The van der Waals surface area contributed by atoms with E-state index in [-0.39, 0.29) is 5.91 Å². The first kappa shape index (κ1) is 21.5. The number of hydrogen-bond donors (Lipinski definition) is 2. The Bertz CT molecular complexity index is 1150. The first-order valence-electron chi connectivity index (χ1n) is 10.3. The second-order valence-corrected chi connectivity index (χ2v) is 7.86. The molecule has 8 heteroatoms. The lowest BCUT2D eigenvalue weighted by Crippen LogP contribution is -2.49. The lowest BCUT2D eigenvalue weighted by molar-refractivity contribution is -0.134. The number of carbonyl (C=O) groups is 3. The molecule has 0 bridgehead atoms. The van der Waals surface area contributed by atoms with Crippen molar-refractivity contribution in [2.45, 2.75) is 24.7 Å². The third-order valence-electron chi connectivity index (χ3n) is 5.22. The summed E-state index contributed by atoms with van der Waals surface area (Å²) in [7, 11) is 3.27. The Kier molecular flexibility index (Phi) is 6.13. The zero-order valence-electron chi connectivity index (χ0n) is 17.8. The highest BCUT2D eigenvalue weighted by Crippen LogP contribution is 2.25. The molecule has 1 aliphatic heterocycles. The second-order valence-electron chi connectivity index (χ2n) is 7.86. The molecule has 164 valence electrons. The number of ether oxygens (including phenoxy) is 1. The molecule has 1 saturated heterocycles. The van der Waals surface area contributed by atoms with Crippen molar-refractivity contribution < 1.29 is 19.1 Å². The van der Waals surface area contributed by atoms with Crippen molar-refractivity contribution in [3.05, 3.63) is 72.4 Å². The van der Waals surface area contributed by atoms with Crippen molar-refractivity contribution in [2.75, 3.05) is 19.4 Å². The van der Waals surface area contributed by atoms with Crippen LogP contribution < -0.4 is 10.6 Å². The number of anilines is 1. The summed E-state index contributed by atoms with van der Waals surface area (Å²) < 4.78 is 5.33. The smallest absolute Gasteiger partial charge is 0.256 e. The van der Waals surface area contributed by atoms with Crippen molar-refractivity contribution in [1.29, 1.82) is 0 Å². The number of nitrogens with one attached hydrogen (secondary N) is 2. The molecule has 2 aromatic carbocycles. The lowest BCUT2D eigenvalue weighted by Gasteiger charge is -2.21. The predicted octanol–water partition coefficient (Wildman–Crippen LogP) is 1.76. The number of fused-ring (bicyclic) bond motifs is 1. The maximum Gasteiger partial charge on any atom is 0.256 e. The Balaban J connectivity index is 1.37. The molecule has 3 amide bonds. The highest BCUT2D eigenvalue weighted by Gasteiger charge is 2.51. The zero-order valence-corrected chi connectivity index (χ0v) is 17.8. The van der Waals surface area contributed by atoms with Gasteiger partial charge < -0.3 is 20.3 Å². The van der Waals surface area contributed by atoms with E-state index < -0.39 is 30.1 Å². The summed E-state index contributed by atoms with van der Waals surface area (Å²) in [5.74, 6) is -1.12. The van der Waals surface area contributed by atoms with Gasteiger partial charge in [-0.2, -0.15) is 0 Å². The van der Waals surface area contributed by atoms with E-state index in [0.717, 1.165) is 16.5 Å². The largest absolute Gasteiger partial charge is 0.349 e. The summed E-state index contributed by atoms with van der Waals surface area (Å²) in [6.45, 7) is 0. The zero-order chi connectivity index (χ0) is 22.7. The van der Waals surface area contributed by atoms with Crippen LogP contribution in [0.1, 0.15) is 5.56 Å². The molecule has 0 saturated carbocycles. The van der Waals surface area contributed by atoms with Gasteiger partial charge in [-0.3, -0.25) is 19.4 Å². The van der Waals surface area contributed by atoms with E-state index >= 15 is 0 Å². The average molecular weight is 432 g/mol. The van der Waals surface area contributed by atoms with Crippen LogP contribution in [-0.4, -0.2) is 60.0 Å². The number of carbonyl (C=O) groups excluding carboxylic acids is 3. The lowest BCUT2D eigenvalue weighted by atomic mass is 10.0. The number of likely N-dealkylation sites (N-methyl/N-ethyl adjacent to an activating group) is 1. The molecule has 3 aromatic rings. The SMILES string of the molecule is CN(C)C(=O)[C@H](Cc1ccccc1)NC(=O)[C@H]1O[C@@H]1C(=O)Nc1ccc2ncccc2c1. The Hall–Kier alpha value is -3.78. The van der Waals surface area contributed by atoms with Crippen molar-refractivity contribution in [3.8, 4) is 0 Å². The summed E-state index contributed by atoms with van der Waals surface area (Å²) in [6.07, 6.45) is 0.225. The maximum absolute atomic E-state index is 12.7. The maximum atomic E-state index is 12.7. The van der Waals surface area contributed by atoms with Gasteiger partial charge in [0, 0.05) is 37.8 Å². The Morgan fingerprint density at radius 2 is 1.75 bits per heavy atom. The molecule has 2 heterocycles. The van der Waals surface area contributed by atoms with E-state index in [1.807, 2.05) is 54.6 Å². The van der Waals surface area contributed by atoms with Gasteiger partial charge in [0.05, 0.1) is 5.52 Å². The van der Waals surface area contributed by atoms with Crippen LogP contribution in [0.25, 0.3) is 10.9 Å². The quantitative estimate of drug-likeness (QED) is 0.554. The number of amides is 3. The van der Waals surface area contributed by atoms with Gasteiger partial charge in [0.15, 0.2) is 12.2 Å². The van der Waals surface area contributed by atoms with E-state index in [2.05, 4.69) is 15.6 Å². The summed E-state index contributed by atoms with van der Waals surface area (Å²) in [5, 5.41) is 6.40. The summed E-state index contributed by atoms with van der Waals surface area (Å²) in [5.41, 5.74) is 2.33. The Morgan fingerprint density at radius 3 is 2.50 bits per heavy atom. The minimum Gasteiger partial charge on any atom is -0.349 e. The summed E-state index contributed by atoms with van der Waals surface area (Å²) >= 11 is 0. The number of pyridine rings is 1. The molecule has 0 radical (unpaired) electrons. The van der Waals surface area contributed by atoms with Crippen molar-refractivity contribution in [3.63, 3.8) is 0 Å². The minimum atomic E-state index is -0.926. The van der Waals surface area contributed by atoms with Gasteiger partial charge in [-0.05, 0) is 29.8 Å². The molecule has 8 nitrogen and oxygen atoms in total. The van der Waals surface area contributed by atoms with Crippen LogP contribution in [0, 0.1) is 0 Å². The van der Waals surface area contributed by atoms with Gasteiger partial charge in [0.25, 0.3) is 11.8 Å². The van der Waals surface area contributed by atoms with Gasteiger partial charge in [-0.15, -0.1) is 0 Å². The van der Waals surface area contributed by atoms with Gasteiger partial charge in [-0.25, -0.2) is 0 Å². The average Bonchev–Trinajstić information content (AvgIpc) is 3.60. The van der Waals surface area contributed by atoms with E-state index in [1.54, 1.807) is 26.4 Å². The van der Waals surface area contributed by atoms with Crippen LogP contribution in [0.4, 0.5) is 5.69 Å². The van der Waals surface area contributed by atoms with Crippen LogP contribution in [0.3, 0.4) is 0 Å². The van der Waals surface area contributed by atoms with Crippen LogP contribution in [0.2, 0.25) is 0 Å². The van der Waals surface area contributed by atoms with Crippen LogP contribution in [0.15, 0.2) is 66.9 Å².